The number of carbonyl (C=O) groups is 1. The van der Waals surface area contributed by atoms with Crippen LogP contribution in [0.3, 0.4) is 0 Å². The number of carboxylic acids is 1. The summed E-state index contributed by atoms with van der Waals surface area (Å²) in [6.07, 6.45) is 4.64. The minimum Gasteiger partial charge on any atom is -0.481 e. The molecule has 1 fully saturated rings. The molecule has 2 nitrogen and oxygen atoms in total. The fourth-order valence-corrected chi connectivity index (χ4v) is 2.28. The average molecular weight is 191 g/mol. The lowest BCUT2D eigenvalue weighted by Crippen LogP contribution is -2.40. The summed E-state index contributed by atoms with van der Waals surface area (Å²) in [5.41, 5.74) is -0.639. The Morgan fingerprint density at radius 3 is 2.17 bits per heavy atom. The average Bonchev–Trinajstić information content (AvgIpc) is 2.05. The molecule has 1 aliphatic carbocycles. The lowest BCUT2D eigenvalue weighted by molar-refractivity contribution is -0.151. The van der Waals surface area contributed by atoms with Crippen molar-refractivity contribution in [3.05, 3.63) is 0 Å². The molecule has 70 valence electrons. The minimum absolute atomic E-state index is 0.254. The van der Waals surface area contributed by atoms with Crippen molar-refractivity contribution in [2.75, 3.05) is 0 Å². The summed E-state index contributed by atoms with van der Waals surface area (Å²) in [7, 11) is 0. The van der Waals surface area contributed by atoms with Crippen molar-refractivity contribution < 1.29 is 9.90 Å². The number of carboxylic acid groups (broad SMARTS) is 1. The third kappa shape index (κ3) is 1.58. The summed E-state index contributed by atoms with van der Waals surface area (Å²) >= 11 is 5.93. The monoisotopic (exact) mass is 190 g/mol. The van der Waals surface area contributed by atoms with Gasteiger partial charge in [-0.15, -0.1) is 11.6 Å². The molecule has 3 heteroatoms. The van der Waals surface area contributed by atoms with Crippen LogP contribution in [-0.2, 0) is 4.79 Å². The molecule has 1 aliphatic rings. The molecule has 0 aromatic carbocycles. The van der Waals surface area contributed by atoms with E-state index in [-0.39, 0.29) is 5.38 Å². The second-order valence-corrected chi connectivity index (χ2v) is 4.29. The molecule has 0 aliphatic heterocycles. The molecule has 0 spiro atoms. The van der Waals surface area contributed by atoms with Gasteiger partial charge in [0.15, 0.2) is 0 Å². The van der Waals surface area contributed by atoms with Gasteiger partial charge in [-0.3, -0.25) is 4.79 Å². The molecule has 0 heterocycles. The maximum Gasteiger partial charge on any atom is 0.311 e. The third-order valence-electron chi connectivity index (χ3n) is 2.93. The number of aliphatic carboxylic acids is 1. The van der Waals surface area contributed by atoms with E-state index in [1.807, 2.05) is 0 Å². The standard InChI is InChI=1S/C9H15ClO2/c1-7(10)9(8(11)12)5-3-2-4-6-9/h7H,2-6H2,1H3,(H,11,12). The van der Waals surface area contributed by atoms with Crippen molar-refractivity contribution in [3.8, 4) is 0 Å². The second-order valence-electron chi connectivity index (χ2n) is 3.64. The summed E-state index contributed by atoms with van der Waals surface area (Å²) in [5, 5.41) is 8.82. The topological polar surface area (TPSA) is 37.3 Å². The van der Waals surface area contributed by atoms with Gasteiger partial charge in [0.05, 0.1) is 5.41 Å². The SMILES string of the molecule is CC(Cl)C1(C(=O)O)CCCCC1. The zero-order chi connectivity index (χ0) is 9.19. The highest BCUT2D eigenvalue weighted by Crippen LogP contribution is 2.41. The van der Waals surface area contributed by atoms with E-state index in [0.29, 0.717) is 0 Å². The zero-order valence-electron chi connectivity index (χ0n) is 7.35. The summed E-state index contributed by atoms with van der Waals surface area (Å²) in [6.45, 7) is 1.79. The van der Waals surface area contributed by atoms with Crippen LogP contribution in [0.1, 0.15) is 39.0 Å². The molecule has 0 radical (unpaired) electrons. The Balaban J connectivity index is 2.77. The summed E-state index contributed by atoms with van der Waals surface area (Å²) in [6, 6.07) is 0. The van der Waals surface area contributed by atoms with E-state index in [9.17, 15) is 4.79 Å². The van der Waals surface area contributed by atoms with Crippen molar-refractivity contribution in [1.82, 2.24) is 0 Å². The van der Waals surface area contributed by atoms with Crippen LogP contribution >= 0.6 is 11.6 Å². The van der Waals surface area contributed by atoms with Crippen LogP contribution < -0.4 is 0 Å². The first-order chi connectivity index (χ1) is 5.59. The lowest BCUT2D eigenvalue weighted by Gasteiger charge is -2.35. The van der Waals surface area contributed by atoms with Crippen LogP contribution in [0.4, 0.5) is 0 Å². The first-order valence-electron chi connectivity index (χ1n) is 4.47. The normalized spacial score (nSPS) is 24.8. The van der Waals surface area contributed by atoms with Gasteiger partial charge in [0.2, 0.25) is 0 Å². The molecule has 1 unspecified atom stereocenters. The minimum atomic E-state index is -0.718. The molecule has 0 bridgehead atoms. The molecule has 0 aromatic rings. The van der Waals surface area contributed by atoms with Gasteiger partial charge in [0.25, 0.3) is 0 Å². The maximum absolute atomic E-state index is 11.0. The van der Waals surface area contributed by atoms with Crippen molar-refractivity contribution in [2.45, 2.75) is 44.4 Å². The van der Waals surface area contributed by atoms with E-state index in [1.54, 1.807) is 6.92 Å². The number of rotatable bonds is 2. The van der Waals surface area contributed by atoms with E-state index >= 15 is 0 Å². The van der Waals surface area contributed by atoms with Gasteiger partial charge < -0.3 is 5.11 Å². The van der Waals surface area contributed by atoms with Gasteiger partial charge in [-0.2, -0.15) is 0 Å². The van der Waals surface area contributed by atoms with Gasteiger partial charge in [-0.25, -0.2) is 0 Å². The quantitative estimate of drug-likeness (QED) is 0.680. The molecule has 1 atom stereocenters. The molecule has 0 saturated heterocycles. The largest absolute Gasteiger partial charge is 0.481 e. The number of alkyl halides is 1. The van der Waals surface area contributed by atoms with Gasteiger partial charge in [0, 0.05) is 5.38 Å². The molecule has 1 rings (SSSR count). The van der Waals surface area contributed by atoms with E-state index in [0.717, 1.165) is 32.1 Å². The maximum atomic E-state index is 11.0. The molecule has 0 amide bonds. The predicted molar refractivity (Wildman–Crippen MR) is 48.5 cm³/mol. The fraction of sp³-hybridized carbons (Fsp3) is 0.889. The summed E-state index contributed by atoms with van der Waals surface area (Å²) in [4.78, 5) is 11.0. The van der Waals surface area contributed by atoms with Gasteiger partial charge in [-0.05, 0) is 19.8 Å². The second kappa shape index (κ2) is 3.65. The molecular formula is C9H15ClO2. The summed E-state index contributed by atoms with van der Waals surface area (Å²) < 4.78 is 0. The Bertz CT molecular complexity index is 171. The highest BCUT2D eigenvalue weighted by Gasteiger charge is 2.43. The Labute approximate surface area is 77.9 Å². The van der Waals surface area contributed by atoms with Crippen LogP contribution in [0.2, 0.25) is 0 Å². The van der Waals surface area contributed by atoms with E-state index in [2.05, 4.69) is 0 Å². The van der Waals surface area contributed by atoms with Gasteiger partial charge in [-0.1, -0.05) is 19.3 Å². The Morgan fingerprint density at radius 2 is 1.92 bits per heavy atom. The number of halogens is 1. The Kier molecular flexibility index (Phi) is 2.99. The van der Waals surface area contributed by atoms with Crippen molar-refractivity contribution in [1.29, 1.82) is 0 Å². The first kappa shape index (κ1) is 9.85. The molecular weight excluding hydrogens is 176 g/mol. The van der Waals surface area contributed by atoms with Crippen molar-refractivity contribution in [2.24, 2.45) is 5.41 Å². The van der Waals surface area contributed by atoms with Crippen LogP contribution in [0, 0.1) is 5.41 Å². The highest BCUT2D eigenvalue weighted by molar-refractivity contribution is 6.22. The van der Waals surface area contributed by atoms with Crippen LogP contribution in [0.15, 0.2) is 0 Å². The van der Waals surface area contributed by atoms with E-state index in [4.69, 9.17) is 16.7 Å². The van der Waals surface area contributed by atoms with E-state index < -0.39 is 11.4 Å². The van der Waals surface area contributed by atoms with Crippen LogP contribution in [0.5, 0.6) is 0 Å². The molecule has 0 aromatic heterocycles. The first-order valence-corrected chi connectivity index (χ1v) is 4.91. The fourth-order valence-electron chi connectivity index (χ4n) is 1.96. The predicted octanol–water partition coefficient (Wildman–Crippen LogP) is 2.65. The van der Waals surface area contributed by atoms with Gasteiger partial charge in [0.1, 0.15) is 0 Å². The molecule has 1 N–H and O–H groups in total. The highest BCUT2D eigenvalue weighted by atomic mass is 35.5. The zero-order valence-corrected chi connectivity index (χ0v) is 8.10. The Morgan fingerprint density at radius 1 is 1.42 bits per heavy atom. The van der Waals surface area contributed by atoms with Crippen LogP contribution in [-0.4, -0.2) is 16.5 Å². The van der Waals surface area contributed by atoms with Gasteiger partial charge >= 0.3 is 5.97 Å². The number of hydrogen-bond donors (Lipinski definition) is 1. The molecule has 12 heavy (non-hydrogen) atoms. The molecule has 1 saturated carbocycles. The summed E-state index contributed by atoms with van der Waals surface area (Å²) in [5.74, 6) is -0.718. The number of hydrogen-bond acceptors (Lipinski definition) is 1. The third-order valence-corrected chi connectivity index (χ3v) is 3.35. The van der Waals surface area contributed by atoms with Crippen LogP contribution in [0.25, 0.3) is 0 Å². The lowest BCUT2D eigenvalue weighted by atomic mass is 9.72. The Hall–Kier alpha value is -0.240. The van der Waals surface area contributed by atoms with E-state index in [1.165, 1.54) is 0 Å². The van der Waals surface area contributed by atoms with Crippen molar-refractivity contribution in [3.63, 3.8) is 0 Å². The van der Waals surface area contributed by atoms with Crippen molar-refractivity contribution >= 4 is 17.6 Å². The smallest absolute Gasteiger partial charge is 0.311 e.